The van der Waals surface area contributed by atoms with Crippen molar-refractivity contribution in [2.45, 2.75) is 12.1 Å². The molecule has 0 atom stereocenters. The molecule has 7 nitrogen and oxygen atoms in total. The first kappa shape index (κ1) is 20.5. The molecule has 0 radical (unpaired) electrons. The van der Waals surface area contributed by atoms with Crippen LogP contribution in [0.5, 0.6) is 5.75 Å². The van der Waals surface area contributed by atoms with Gasteiger partial charge >= 0.3 is 0 Å². The van der Waals surface area contributed by atoms with E-state index in [4.69, 9.17) is 4.74 Å². The molecule has 0 saturated carbocycles. The summed E-state index contributed by atoms with van der Waals surface area (Å²) in [7, 11) is 3.40. The van der Waals surface area contributed by atoms with Crippen molar-refractivity contribution in [3.8, 4) is 17.1 Å². The van der Waals surface area contributed by atoms with Gasteiger partial charge in [0.15, 0.2) is 16.8 Å². The van der Waals surface area contributed by atoms with Crippen LogP contribution in [-0.4, -0.2) is 39.3 Å². The molecular weight excluding hydrogens is 395 g/mol. The van der Waals surface area contributed by atoms with Crippen LogP contribution in [0.15, 0.2) is 47.6 Å². The number of amides is 1. The lowest BCUT2D eigenvalue weighted by Crippen LogP contribution is -2.09. The number of ether oxygens (including phenoxy) is 1. The van der Waals surface area contributed by atoms with E-state index in [9.17, 15) is 14.0 Å². The van der Waals surface area contributed by atoms with Gasteiger partial charge in [0.1, 0.15) is 11.6 Å². The number of methoxy groups -OCH3 is 1. The SMILES string of the molecule is COc1ccc(-c2nnc(SCC(=O)c3ccc(NC(C)=O)cc3F)n2C)cc1. The predicted octanol–water partition coefficient (Wildman–Crippen LogP) is 3.56. The van der Waals surface area contributed by atoms with Crippen molar-refractivity contribution in [2.75, 3.05) is 18.2 Å². The Morgan fingerprint density at radius 1 is 1.17 bits per heavy atom. The molecule has 9 heteroatoms. The third-order valence-electron chi connectivity index (χ3n) is 4.11. The van der Waals surface area contributed by atoms with Crippen molar-refractivity contribution in [1.29, 1.82) is 0 Å². The van der Waals surface area contributed by atoms with Crippen LogP contribution in [0.2, 0.25) is 0 Å². The standard InChI is InChI=1S/C20H19FN4O3S/c1-12(26)22-14-6-9-16(17(21)10-14)18(27)11-29-20-24-23-19(25(20)2)13-4-7-15(28-3)8-5-13/h4-10H,11H2,1-3H3,(H,22,26). The molecule has 0 saturated heterocycles. The Morgan fingerprint density at radius 3 is 2.52 bits per heavy atom. The molecule has 3 aromatic rings. The molecule has 150 valence electrons. The van der Waals surface area contributed by atoms with Gasteiger partial charge in [0.25, 0.3) is 0 Å². The Labute approximate surface area is 171 Å². The van der Waals surface area contributed by atoms with Crippen LogP contribution in [0.4, 0.5) is 10.1 Å². The molecule has 0 aliphatic rings. The zero-order valence-electron chi connectivity index (χ0n) is 16.1. The summed E-state index contributed by atoms with van der Waals surface area (Å²) < 4.78 is 21.1. The largest absolute Gasteiger partial charge is 0.497 e. The molecule has 0 aliphatic carbocycles. The monoisotopic (exact) mass is 414 g/mol. The zero-order valence-corrected chi connectivity index (χ0v) is 16.9. The number of nitrogens with zero attached hydrogens (tertiary/aromatic N) is 3. The lowest BCUT2D eigenvalue weighted by Gasteiger charge is -2.07. The van der Waals surface area contributed by atoms with Gasteiger partial charge in [-0.05, 0) is 42.5 Å². The number of Topliss-reactive ketones (excluding diaryl/α,β-unsaturated/α-hetero) is 1. The topological polar surface area (TPSA) is 86.1 Å². The first-order valence-corrected chi connectivity index (χ1v) is 9.64. The predicted molar refractivity (Wildman–Crippen MR) is 109 cm³/mol. The smallest absolute Gasteiger partial charge is 0.221 e. The molecule has 1 aromatic heterocycles. The Kier molecular flexibility index (Phi) is 6.28. The maximum absolute atomic E-state index is 14.2. The molecule has 1 amide bonds. The first-order chi connectivity index (χ1) is 13.9. The van der Waals surface area contributed by atoms with Gasteiger partial charge in [0.05, 0.1) is 18.4 Å². The van der Waals surface area contributed by atoms with Crippen molar-refractivity contribution in [1.82, 2.24) is 14.8 Å². The fourth-order valence-corrected chi connectivity index (χ4v) is 3.46. The lowest BCUT2D eigenvalue weighted by molar-refractivity contribution is -0.114. The minimum atomic E-state index is -0.682. The Balaban J connectivity index is 1.69. The van der Waals surface area contributed by atoms with Crippen molar-refractivity contribution >= 4 is 29.1 Å². The highest BCUT2D eigenvalue weighted by Gasteiger charge is 2.16. The number of benzene rings is 2. The molecular formula is C20H19FN4O3S. The summed E-state index contributed by atoms with van der Waals surface area (Å²) in [4.78, 5) is 23.5. The van der Waals surface area contributed by atoms with E-state index in [1.807, 2.05) is 24.3 Å². The van der Waals surface area contributed by atoms with E-state index >= 15 is 0 Å². The number of hydrogen-bond acceptors (Lipinski definition) is 6. The van der Waals surface area contributed by atoms with Crippen LogP contribution in [-0.2, 0) is 11.8 Å². The molecule has 0 spiro atoms. The summed E-state index contributed by atoms with van der Waals surface area (Å²) in [6, 6.07) is 11.4. The normalized spacial score (nSPS) is 10.6. The van der Waals surface area contributed by atoms with E-state index in [-0.39, 0.29) is 23.0 Å². The summed E-state index contributed by atoms with van der Waals surface area (Å²) in [5, 5.41) is 11.3. The summed E-state index contributed by atoms with van der Waals surface area (Å²) >= 11 is 1.18. The van der Waals surface area contributed by atoms with Crippen LogP contribution in [0.25, 0.3) is 11.4 Å². The number of carbonyl (C=O) groups excluding carboxylic acids is 2. The molecule has 1 heterocycles. The Hall–Kier alpha value is -3.20. The second-order valence-electron chi connectivity index (χ2n) is 6.18. The highest BCUT2D eigenvalue weighted by atomic mass is 32.2. The second-order valence-corrected chi connectivity index (χ2v) is 7.12. The van der Waals surface area contributed by atoms with E-state index in [0.29, 0.717) is 16.7 Å². The van der Waals surface area contributed by atoms with Gasteiger partial charge < -0.3 is 14.6 Å². The molecule has 29 heavy (non-hydrogen) atoms. The highest BCUT2D eigenvalue weighted by molar-refractivity contribution is 7.99. The van der Waals surface area contributed by atoms with Gasteiger partial charge in [-0.1, -0.05) is 11.8 Å². The zero-order chi connectivity index (χ0) is 21.0. The van der Waals surface area contributed by atoms with Crippen molar-refractivity contribution in [3.05, 3.63) is 53.8 Å². The number of halogens is 1. The van der Waals surface area contributed by atoms with E-state index in [1.54, 1.807) is 18.7 Å². The Bertz CT molecular complexity index is 1050. The summed E-state index contributed by atoms with van der Waals surface area (Å²) in [6.07, 6.45) is 0. The van der Waals surface area contributed by atoms with Crippen molar-refractivity contribution in [2.24, 2.45) is 7.05 Å². The minimum absolute atomic E-state index is 0.00495. The van der Waals surface area contributed by atoms with Gasteiger partial charge in [0, 0.05) is 25.2 Å². The molecule has 0 fully saturated rings. The van der Waals surface area contributed by atoms with Crippen molar-refractivity contribution < 1.29 is 18.7 Å². The van der Waals surface area contributed by atoms with E-state index in [1.165, 1.54) is 30.8 Å². The molecule has 1 N–H and O–H groups in total. The summed E-state index contributed by atoms with van der Waals surface area (Å²) in [6.45, 7) is 1.33. The first-order valence-electron chi connectivity index (χ1n) is 8.66. The number of carbonyl (C=O) groups is 2. The number of ketones is 1. The molecule has 2 aromatic carbocycles. The second kappa shape index (κ2) is 8.87. The molecule has 3 rings (SSSR count). The highest BCUT2D eigenvalue weighted by Crippen LogP contribution is 2.25. The third-order valence-corrected chi connectivity index (χ3v) is 5.13. The molecule has 0 bridgehead atoms. The van der Waals surface area contributed by atoms with Crippen molar-refractivity contribution in [3.63, 3.8) is 0 Å². The fraction of sp³-hybridized carbons (Fsp3) is 0.200. The quantitative estimate of drug-likeness (QED) is 0.470. The summed E-state index contributed by atoms with van der Waals surface area (Å²) in [5.41, 5.74) is 1.12. The van der Waals surface area contributed by atoms with Gasteiger partial charge in [-0.15, -0.1) is 10.2 Å². The summed E-state index contributed by atoms with van der Waals surface area (Å²) in [5.74, 6) is 0.0186. The number of hydrogen-bond donors (Lipinski definition) is 1. The molecule has 0 unspecified atom stereocenters. The maximum Gasteiger partial charge on any atom is 0.221 e. The molecule has 0 aliphatic heterocycles. The average Bonchev–Trinajstić information content (AvgIpc) is 3.06. The lowest BCUT2D eigenvalue weighted by atomic mass is 10.1. The fourth-order valence-electron chi connectivity index (χ4n) is 2.66. The van der Waals surface area contributed by atoms with E-state index in [0.717, 1.165) is 17.4 Å². The number of nitrogens with one attached hydrogen (secondary N) is 1. The number of aromatic nitrogens is 3. The minimum Gasteiger partial charge on any atom is -0.497 e. The maximum atomic E-state index is 14.2. The van der Waals surface area contributed by atoms with Gasteiger partial charge in [0.2, 0.25) is 5.91 Å². The van der Waals surface area contributed by atoms with Crippen LogP contribution in [0.1, 0.15) is 17.3 Å². The van der Waals surface area contributed by atoms with Crippen LogP contribution < -0.4 is 10.1 Å². The van der Waals surface area contributed by atoms with Gasteiger partial charge in [-0.3, -0.25) is 9.59 Å². The van der Waals surface area contributed by atoms with Gasteiger partial charge in [-0.2, -0.15) is 0 Å². The third kappa shape index (κ3) is 4.80. The van der Waals surface area contributed by atoms with E-state index in [2.05, 4.69) is 15.5 Å². The number of rotatable bonds is 7. The number of anilines is 1. The van der Waals surface area contributed by atoms with Gasteiger partial charge in [-0.25, -0.2) is 4.39 Å². The van der Waals surface area contributed by atoms with E-state index < -0.39 is 5.82 Å². The van der Waals surface area contributed by atoms with Crippen LogP contribution in [0, 0.1) is 5.82 Å². The Morgan fingerprint density at radius 2 is 1.90 bits per heavy atom. The average molecular weight is 414 g/mol. The van der Waals surface area contributed by atoms with Crippen LogP contribution >= 0.6 is 11.8 Å². The number of thioether (sulfide) groups is 1. The van der Waals surface area contributed by atoms with Crippen LogP contribution in [0.3, 0.4) is 0 Å².